The minimum Gasteiger partial charge on any atom is -0.478 e. The molecule has 1 aliphatic carbocycles. The summed E-state index contributed by atoms with van der Waals surface area (Å²) >= 11 is 0. The van der Waals surface area contributed by atoms with Gasteiger partial charge in [0.15, 0.2) is 12.0 Å². The molecule has 3 atom stereocenters. The van der Waals surface area contributed by atoms with Crippen LogP contribution in [0.4, 0.5) is 13.2 Å². The number of carbonyl (C=O) groups is 1. The minimum atomic E-state index is -4.78. The Labute approximate surface area is 141 Å². The summed E-state index contributed by atoms with van der Waals surface area (Å²) in [7, 11) is 0. The Morgan fingerprint density at radius 1 is 1.24 bits per heavy atom. The summed E-state index contributed by atoms with van der Waals surface area (Å²) in [5, 5.41) is 9.46. The third kappa shape index (κ3) is 3.46. The van der Waals surface area contributed by atoms with Gasteiger partial charge < -0.3 is 9.47 Å². The summed E-state index contributed by atoms with van der Waals surface area (Å²) < 4.78 is 46.3. The van der Waals surface area contributed by atoms with E-state index in [9.17, 15) is 23.2 Å². The summed E-state index contributed by atoms with van der Waals surface area (Å²) in [6, 6.07) is 7.21. The fraction of sp³-hybridized carbons (Fsp3) is 0.412. The fourth-order valence-corrected chi connectivity index (χ4v) is 3.31. The molecule has 0 fully saturated rings. The van der Waals surface area contributed by atoms with Crippen molar-refractivity contribution in [3.05, 3.63) is 41.2 Å². The van der Waals surface area contributed by atoms with Crippen LogP contribution in [0.1, 0.15) is 30.7 Å². The summed E-state index contributed by atoms with van der Waals surface area (Å²) in [5.41, 5.74) is 6.86. The number of Topliss-reactive ketones (excluding diaryl/α,β-unsaturated/α-hetero) is 1. The molecule has 0 amide bonds. The summed E-state index contributed by atoms with van der Waals surface area (Å²) in [4.78, 5) is 12.4. The first kappa shape index (κ1) is 17.3. The molecule has 132 valence electrons. The highest BCUT2D eigenvalue weighted by atomic mass is 19.4. The van der Waals surface area contributed by atoms with Gasteiger partial charge in [0, 0.05) is 24.3 Å². The number of ether oxygens (including phenoxy) is 2. The monoisotopic (exact) mass is 352 g/mol. The Kier molecular flexibility index (Phi) is 4.43. The zero-order valence-corrected chi connectivity index (χ0v) is 13.0. The van der Waals surface area contributed by atoms with Gasteiger partial charge in [-0.2, -0.15) is 5.26 Å². The summed E-state index contributed by atoms with van der Waals surface area (Å²) in [6.45, 7) is 0. The standard InChI is InChI=1S/C17H15F3N2O3/c18-17(19,20)25-10-6-4-9(5-7-10)14-11(8-21)16(22)24-13-3-1-2-12(23)15(13)14/h4-7,11,14,16H,1-3,22H2. The average molecular weight is 352 g/mol. The highest BCUT2D eigenvalue weighted by Gasteiger charge is 2.43. The molecule has 2 N–H and O–H groups in total. The van der Waals surface area contributed by atoms with E-state index in [0.717, 1.165) is 12.1 Å². The number of nitrogens with two attached hydrogens (primary N) is 1. The molecule has 3 unspecified atom stereocenters. The van der Waals surface area contributed by atoms with Gasteiger partial charge in [-0.15, -0.1) is 13.2 Å². The molecular weight excluding hydrogens is 337 g/mol. The molecule has 5 nitrogen and oxygen atoms in total. The van der Waals surface area contributed by atoms with E-state index in [-0.39, 0.29) is 11.5 Å². The van der Waals surface area contributed by atoms with Gasteiger partial charge in [0.25, 0.3) is 0 Å². The van der Waals surface area contributed by atoms with Crippen LogP contribution in [0.5, 0.6) is 5.75 Å². The van der Waals surface area contributed by atoms with E-state index in [2.05, 4.69) is 10.8 Å². The van der Waals surface area contributed by atoms with Crippen molar-refractivity contribution < 1.29 is 27.4 Å². The molecule has 0 bridgehead atoms. The maximum Gasteiger partial charge on any atom is 0.573 e. The quantitative estimate of drug-likeness (QED) is 0.884. The van der Waals surface area contributed by atoms with Crippen LogP contribution in [-0.4, -0.2) is 18.4 Å². The van der Waals surface area contributed by atoms with E-state index in [0.29, 0.717) is 36.2 Å². The topological polar surface area (TPSA) is 85.3 Å². The summed E-state index contributed by atoms with van der Waals surface area (Å²) in [6.07, 6.45) is -4.13. The smallest absolute Gasteiger partial charge is 0.478 e. The Morgan fingerprint density at radius 3 is 2.52 bits per heavy atom. The van der Waals surface area contributed by atoms with Crippen molar-refractivity contribution >= 4 is 5.78 Å². The van der Waals surface area contributed by atoms with E-state index < -0.39 is 24.4 Å². The number of ketones is 1. The molecule has 0 saturated heterocycles. The molecule has 1 heterocycles. The zero-order valence-electron chi connectivity index (χ0n) is 13.0. The van der Waals surface area contributed by atoms with Crippen LogP contribution in [-0.2, 0) is 9.53 Å². The molecule has 0 spiro atoms. The molecule has 1 aromatic rings. The zero-order chi connectivity index (χ0) is 18.2. The highest BCUT2D eigenvalue weighted by molar-refractivity contribution is 5.98. The number of nitrogens with zero attached hydrogens (tertiary/aromatic N) is 1. The second-order valence-corrected chi connectivity index (χ2v) is 5.95. The molecule has 25 heavy (non-hydrogen) atoms. The minimum absolute atomic E-state index is 0.117. The Balaban J connectivity index is 1.99. The predicted molar refractivity (Wildman–Crippen MR) is 79.9 cm³/mol. The third-order valence-electron chi connectivity index (χ3n) is 4.33. The van der Waals surface area contributed by atoms with Gasteiger partial charge in [-0.25, -0.2) is 0 Å². The Bertz CT molecular complexity index is 750. The van der Waals surface area contributed by atoms with Crippen LogP contribution in [0.25, 0.3) is 0 Å². The maximum atomic E-state index is 12.4. The van der Waals surface area contributed by atoms with E-state index in [1.807, 2.05) is 0 Å². The van der Waals surface area contributed by atoms with Crippen molar-refractivity contribution in [2.24, 2.45) is 11.7 Å². The SMILES string of the molecule is N#CC1C(N)OC2=C(C(=O)CCC2)C1c1ccc(OC(F)(F)F)cc1. The van der Waals surface area contributed by atoms with Crippen LogP contribution < -0.4 is 10.5 Å². The highest BCUT2D eigenvalue weighted by Crippen LogP contribution is 2.44. The molecule has 0 radical (unpaired) electrons. The van der Waals surface area contributed by atoms with Crippen LogP contribution in [0.3, 0.4) is 0 Å². The molecule has 2 aliphatic rings. The second-order valence-electron chi connectivity index (χ2n) is 5.95. The lowest BCUT2D eigenvalue weighted by atomic mass is 9.74. The Hall–Kier alpha value is -2.53. The lowest BCUT2D eigenvalue weighted by Crippen LogP contribution is -2.42. The van der Waals surface area contributed by atoms with E-state index in [1.165, 1.54) is 12.1 Å². The molecule has 3 rings (SSSR count). The number of allylic oxidation sites excluding steroid dienone is 2. The Morgan fingerprint density at radius 2 is 1.92 bits per heavy atom. The predicted octanol–water partition coefficient (Wildman–Crippen LogP) is 3.13. The van der Waals surface area contributed by atoms with Crippen molar-refractivity contribution in [3.63, 3.8) is 0 Å². The first-order valence-electron chi connectivity index (χ1n) is 7.74. The van der Waals surface area contributed by atoms with Gasteiger partial charge in [-0.05, 0) is 24.1 Å². The van der Waals surface area contributed by atoms with E-state index >= 15 is 0 Å². The van der Waals surface area contributed by atoms with E-state index in [4.69, 9.17) is 10.5 Å². The van der Waals surface area contributed by atoms with Gasteiger partial charge in [0.05, 0.1) is 6.07 Å². The van der Waals surface area contributed by atoms with Gasteiger partial charge in [-0.3, -0.25) is 10.5 Å². The molecule has 0 aromatic heterocycles. The largest absolute Gasteiger partial charge is 0.573 e. The average Bonchev–Trinajstić information content (AvgIpc) is 2.53. The van der Waals surface area contributed by atoms with Crippen molar-refractivity contribution in [2.45, 2.75) is 37.8 Å². The number of benzene rings is 1. The normalized spacial score (nSPS) is 26.5. The fourth-order valence-electron chi connectivity index (χ4n) is 3.31. The van der Waals surface area contributed by atoms with Crippen LogP contribution >= 0.6 is 0 Å². The van der Waals surface area contributed by atoms with Crippen molar-refractivity contribution in [1.29, 1.82) is 5.26 Å². The number of hydrogen-bond acceptors (Lipinski definition) is 5. The van der Waals surface area contributed by atoms with Gasteiger partial charge in [-0.1, -0.05) is 12.1 Å². The van der Waals surface area contributed by atoms with Crippen LogP contribution in [0.15, 0.2) is 35.6 Å². The van der Waals surface area contributed by atoms with Gasteiger partial charge in [0.2, 0.25) is 0 Å². The molecule has 8 heteroatoms. The number of alkyl halides is 3. The lowest BCUT2D eigenvalue weighted by molar-refractivity contribution is -0.274. The first-order chi connectivity index (χ1) is 11.8. The van der Waals surface area contributed by atoms with Crippen LogP contribution in [0, 0.1) is 17.2 Å². The number of rotatable bonds is 2. The molecular formula is C17H15F3N2O3. The molecule has 1 aliphatic heterocycles. The number of carbonyl (C=O) groups excluding carboxylic acids is 1. The van der Waals surface area contributed by atoms with E-state index in [1.54, 1.807) is 0 Å². The molecule has 1 aromatic carbocycles. The second kappa shape index (κ2) is 6.41. The van der Waals surface area contributed by atoms with Crippen molar-refractivity contribution in [2.75, 3.05) is 0 Å². The number of halogens is 3. The number of nitriles is 1. The van der Waals surface area contributed by atoms with Crippen LogP contribution in [0.2, 0.25) is 0 Å². The lowest BCUT2D eigenvalue weighted by Gasteiger charge is -2.37. The summed E-state index contributed by atoms with van der Waals surface area (Å²) in [5.74, 6) is -1.44. The van der Waals surface area contributed by atoms with Crippen molar-refractivity contribution in [3.8, 4) is 11.8 Å². The van der Waals surface area contributed by atoms with Gasteiger partial charge in [0.1, 0.15) is 17.4 Å². The van der Waals surface area contributed by atoms with Gasteiger partial charge >= 0.3 is 6.36 Å². The maximum absolute atomic E-state index is 12.4. The van der Waals surface area contributed by atoms with Crippen molar-refractivity contribution in [1.82, 2.24) is 0 Å². The molecule has 0 saturated carbocycles. The third-order valence-corrected chi connectivity index (χ3v) is 4.33. The first-order valence-corrected chi connectivity index (χ1v) is 7.74. The number of hydrogen-bond donors (Lipinski definition) is 1.